The lowest BCUT2D eigenvalue weighted by molar-refractivity contribution is -0.217. The molecular weight excluding hydrogens is 712 g/mol. The number of hydrogen-bond donors (Lipinski definition) is 8. The van der Waals surface area contributed by atoms with Crippen molar-refractivity contribution in [1.29, 1.82) is 0 Å². The third-order valence-corrected chi connectivity index (χ3v) is 10.9. The number of esters is 4. The maximum atomic E-state index is 14.1. The van der Waals surface area contributed by atoms with Gasteiger partial charge in [0.1, 0.15) is 0 Å². The van der Waals surface area contributed by atoms with Crippen LogP contribution in [0.3, 0.4) is 0 Å². The number of carboxylic acid groups (broad SMARTS) is 8. The molecule has 3 fully saturated rings. The van der Waals surface area contributed by atoms with Gasteiger partial charge < -0.3 is 50.3 Å². The zero-order valence-corrected chi connectivity index (χ0v) is 26.8. The average Bonchev–Trinajstić information content (AvgIpc) is 3.06. The number of aliphatic carboxylic acids is 8. The molecule has 0 aromatic heterocycles. The monoisotopic (exact) mass is 744 g/mol. The smallest absolute Gasteiger partial charge is 0.333 e. The lowest BCUT2D eigenvalue weighted by atomic mass is 9.54. The zero-order valence-electron chi connectivity index (χ0n) is 26.8. The van der Waals surface area contributed by atoms with Crippen LogP contribution < -0.4 is 0 Å². The summed E-state index contributed by atoms with van der Waals surface area (Å²) in [5, 5.41) is 80.4. The van der Waals surface area contributed by atoms with Crippen molar-refractivity contribution in [1.82, 2.24) is 0 Å². The Kier molecular flexibility index (Phi) is 10.6. The van der Waals surface area contributed by atoms with Crippen LogP contribution in [0.2, 0.25) is 0 Å². The summed E-state index contributed by atoms with van der Waals surface area (Å²) in [6.07, 6.45) is -9.06. The van der Waals surface area contributed by atoms with E-state index >= 15 is 0 Å². The largest absolute Gasteiger partial charge is 0.480 e. The molecule has 0 spiro atoms. The van der Waals surface area contributed by atoms with Crippen molar-refractivity contribution in [2.24, 2.45) is 32.5 Å². The van der Waals surface area contributed by atoms with Crippen LogP contribution in [-0.4, -0.2) is 112 Å². The molecule has 284 valence electrons. The Hall–Kier alpha value is -5.96. The van der Waals surface area contributed by atoms with E-state index in [-0.39, 0.29) is 25.7 Å². The molecule has 0 aromatic carbocycles. The maximum absolute atomic E-state index is 14.1. The first-order chi connectivity index (χ1) is 24.0. The molecule has 8 N–H and O–H groups in total. The van der Waals surface area contributed by atoms with Crippen LogP contribution >= 0.6 is 0 Å². The van der Waals surface area contributed by atoms with Crippen molar-refractivity contribution < 1.29 is 108 Å². The number of rotatable bonds is 12. The van der Waals surface area contributed by atoms with E-state index in [1.807, 2.05) is 0 Å². The fourth-order valence-electron chi connectivity index (χ4n) is 8.09. The second kappa shape index (κ2) is 13.6. The second-order valence-corrected chi connectivity index (χ2v) is 12.8. The van der Waals surface area contributed by atoms with Crippen LogP contribution in [0.5, 0.6) is 0 Å². The third-order valence-electron chi connectivity index (χ3n) is 10.9. The first kappa shape index (κ1) is 40.5. The fourth-order valence-corrected chi connectivity index (χ4v) is 8.09. The van der Waals surface area contributed by atoms with Gasteiger partial charge in [-0.05, 0) is 38.5 Å². The van der Waals surface area contributed by atoms with E-state index in [9.17, 15) is 98.4 Å². The number of hydrogen-bond acceptors (Lipinski definition) is 14. The maximum Gasteiger partial charge on any atom is 0.333 e. The van der Waals surface area contributed by atoms with Crippen molar-refractivity contribution in [3.05, 3.63) is 0 Å². The molecule has 2 unspecified atom stereocenters. The summed E-state index contributed by atoms with van der Waals surface area (Å²) >= 11 is 0. The molecule has 2 atom stereocenters. The van der Waals surface area contributed by atoms with Crippen molar-refractivity contribution >= 4 is 71.6 Å². The molecule has 3 rings (SSSR count). The zero-order chi connectivity index (χ0) is 39.8. The number of carbonyl (C=O) groups excluding carboxylic acids is 4. The first-order valence-corrected chi connectivity index (χ1v) is 15.4. The molecule has 22 heteroatoms. The molecule has 0 amide bonds. The number of carboxylic acids is 8. The molecule has 0 radical (unpaired) electrons. The van der Waals surface area contributed by atoms with Gasteiger partial charge in [0.15, 0.2) is 32.5 Å². The van der Waals surface area contributed by atoms with Crippen LogP contribution in [0.1, 0.15) is 77.0 Å². The van der Waals surface area contributed by atoms with E-state index in [4.69, 9.17) is 0 Å². The van der Waals surface area contributed by atoms with Gasteiger partial charge in [-0.2, -0.15) is 0 Å². The number of ether oxygens (including phenoxy) is 2. The van der Waals surface area contributed by atoms with Crippen molar-refractivity contribution in [3.63, 3.8) is 0 Å². The molecule has 22 nitrogen and oxygen atoms in total. The SMILES string of the molecule is O=C(O)C1(C(=O)O)CCCCC1(C(=O)O)C(=O)OC(=O)C1(C(=O)OC(=O)C2(C(=O)O)CCCCC2(C(=O)O)C(=O)O)CCCCC1(C(=O)O)C(=O)O. The second-order valence-electron chi connectivity index (χ2n) is 12.8. The summed E-state index contributed by atoms with van der Waals surface area (Å²) in [5.41, 5.74) is -22.2. The highest BCUT2D eigenvalue weighted by atomic mass is 16.6. The van der Waals surface area contributed by atoms with Crippen LogP contribution in [0.15, 0.2) is 0 Å². The minimum absolute atomic E-state index is 0.284. The summed E-state index contributed by atoms with van der Waals surface area (Å²) < 4.78 is 9.24. The van der Waals surface area contributed by atoms with E-state index in [1.54, 1.807) is 0 Å². The van der Waals surface area contributed by atoms with Crippen LogP contribution in [0, 0.1) is 32.5 Å². The fraction of sp³-hybridized carbons (Fsp3) is 0.600. The summed E-state index contributed by atoms with van der Waals surface area (Å²) in [6.45, 7) is 0. The van der Waals surface area contributed by atoms with E-state index in [0.717, 1.165) is 0 Å². The Balaban J connectivity index is 2.32. The topological polar surface area (TPSA) is 385 Å². The summed E-state index contributed by atoms with van der Waals surface area (Å²) in [4.78, 5) is 156. The third kappa shape index (κ3) is 4.98. The Labute approximate surface area is 289 Å². The van der Waals surface area contributed by atoms with Crippen LogP contribution in [-0.2, 0) is 67.0 Å². The molecular formula is C30H32O22. The van der Waals surface area contributed by atoms with Gasteiger partial charge in [-0.25, -0.2) is 0 Å². The molecule has 0 bridgehead atoms. The Bertz CT molecular complexity index is 1550. The lowest BCUT2D eigenvalue weighted by Gasteiger charge is -2.46. The van der Waals surface area contributed by atoms with E-state index in [1.165, 1.54) is 0 Å². The van der Waals surface area contributed by atoms with E-state index in [0.29, 0.717) is 0 Å². The molecule has 0 aliphatic heterocycles. The Morgan fingerprint density at radius 3 is 0.635 bits per heavy atom. The molecule has 0 saturated heterocycles. The summed E-state index contributed by atoms with van der Waals surface area (Å²) in [5.74, 6) is -29.7. The van der Waals surface area contributed by atoms with Crippen molar-refractivity contribution in [3.8, 4) is 0 Å². The highest BCUT2D eigenvalue weighted by Crippen LogP contribution is 2.57. The number of carbonyl (C=O) groups is 12. The van der Waals surface area contributed by atoms with E-state index < -0.39 is 155 Å². The van der Waals surface area contributed by atoms with Gasteiger partial charge in [0.2, 0.25) is 0 Å². The van der Waals surface area contributed by atoms with Gasteiger partial charge in [-0.1, -0.05) is 38.5 Å². The molecule has 52 heavy (non-hydrogen) atoms. The quantitative estimate of drug-likeness (QED) is 0.0917. The molecule has 3 aliphatic carbocycles. The van der Waals surface area contributed by atoms with Gasteiger partial charge in [0.25, 0.3) is 0 Å². The van der Waals surface area contributed by atoms with Crippen LogP contribution in [0.4, 0.5) is 0 Å². The lowest BCUT2D eigenvalue weighted by Crippen LogP contribution is -2.67. The Morgan fingerprint density at radius 1 is 0.269 bits per heavy atom. The summed E-state index contributed by atoms with van der Waals surface area (Å²) in [7, 11) is 0. The minimum Gasteiger partial charge on any atom is -0.480 e. The molecule has 0 aromatic rings. The standard InChI is InChI=1S/C30H32O22/c31-13(32)25(14(33)34)7-1-4-10-28(25,19(43)44)21(47)51-23(49)30(12-6-3-9-27(30,17(39)40)18(41)42)24(50)52-22(48)29(20(45)46)11-5-2-8-26(29,15(35)36)16(37)38/h1-12H2,(H,31,32)(H,33,34)(H,35,36)(H,37,38)(H,39,40)(H,41,42)(H,43,44)(H,45,46). The summed E-state index contributed by atoms with van der Waals surface area (Å²) in [6, 6.07) is 0. The molecule has 3 saturated carbocycles. The van der Waals surface area contributed by atoms with Crippen molar-refractivity contribution in [2.45, 2.75) is 77.0 Å². The molecule has 0 heterocycles. The molecule has 3 aliphatic rings. The minimum atomic E-state index is -3.97. The predicted molar refractivity (Wildman–Crippen MR) is 153 cm³/mol. The first-order valence-electron chi connectivity index (χ1n) is 15.4. The highest BCUT2D eigenvalue weighted by Gasteiger charge is 2.78. The van der Waals surface area contributed by atoms with Gasteiger partial charge >= 0.3 is 71.6 Å². The Morgan fingerprint density at radius 2 is 0.423 bits per heavy atom. The van der Waals surface area contributed by atoms with Gasteiger partial charge in [-0.3, -0.25) is 57.5 Å². The average molecular weight is 745 g/mol. The van der Waals surface area contributed by atoms with Crippen molar-refractivity contribution in [2.75, 3.05) is 0 Å². The van der Waals surface area contributed by atoms with E-state index in [2.05, 4.69) is 9.47 Å². The normalized spacial score (nSPS) is 27.4. The van der Waals surface area contributed by atoms with Gasteiger partial charge in [-0.15, -0.1) is 0 Å². The van der Waals surface area contributed by atoms with Gasteiger partial charge in [0.05, 0.1) is 0 Å². The van der Waals surface area contributed by atoms with Crippen LogP contribution in [0.25, 0.3) is 0 Å². The highest BCUT2D eigenvalue weighted by molar-refractivity contribution is 6.21. The predicted octanol–water partition coefficient (Wildman–Crippen LogP) is -0.557. The van der Waals surface area contributed by atoms with Gasteiger partial charge in [0, 0.05) is 0 Å².